The highest BCUT2D eigenvalue weighted by molar-refractivity contribution is 7.97. The van der Waals surface area contributed by atoms with Crippen molar-refractivity contribution in [3.05, 3.63) is 83.9 Å². The zero-order valence-corrected chi connectivity index (χ0v) is 27.2. The molecule has 1 N–H and O–H groups in total. The maximum absolute atomic E-state index is 14.2. The van der Waals surface area contributed by atoms with Crippen LogP contribution >= 0.6 is 0 Å². The maximum atomic E-state index is 14.2. The standard InChI is InChI=1S/C32H35F5O6S2/c1-21(31(33,34)45(38,39)40)43-24-8-7-9-27(18-24)44(25-14-10-22(11-15-25)28(2,3)4)26-16-12-23(13-17-26)30(6)41-19-29(5,20-42-30)32(35,36)37/h7-18,21H,19-20H2,1-6H3/p+1. The molecule has 6 nitrogen and oxygen atoms in total. The lowest BCUT2D eigenvalue weighted by molar-refractivity contribution is -0.354. The Hall–Kier alpha value is -2.71. The molecule has 0 aromatic heterocycles. The number of hydrogen-bond donors (Lipinski definition) is 1. The van der Waals surface area contributed by atoms with Crippen LogP contribution < -0.4 is 4.74 Å². The monoisotopic (exact) mass is 675 g/mol. The molecule has 2 unspecified atom stereocenters. The van der Waals surface area contributed by atoms with Gasteiger partial charge < -0.3 is 14.2 Å². The summed E-state index contributed by atoms with van der Waals surface area (Å²) >= 11 is 0. The van der Waals surface area contributed by atoms with Gasteiger partial charge in [0, 0.05) is 11.6 Å². The van der Waals surface area contributed by atoms with Crippen LogP contribution in [0.15, 0.2) is 87.5 Å². The fourth-order valence-corrected chi connectivity index (χ4v) is 7.11. The minimum absolute atomic E-state index is 0.0343. The van der Waals surface area contributed by atoms with Crippen molar-refractivity contribution in [2.75, 3.05) is 13.2 Å². The van der Waals surface area contributed by atoms with Crippen LogP contribution in [0, 0.1) is 5.41 Å². The van der Waals surface area contributed by atoms with Gasteiger partial charge in [-0.2, -0.15) is 30.4 Å². The second kappa shape index (κ2) is 12.1. The first-order valence-corrected chi connectivity index (χ1v) is 16.7. The summed E-state index contributed by atoms with van der Waals surface area (Å²) in [4.78, 5) is 2.32. The van der Waals surface area contributed by atoms with Crippen LogP contribution in [-0.2, 0) is 41.7 Å². The molecule has 2 atom stereocenters. The quantitative estimate of drug-likeness (QED) is 0.148. The van der Waals surface area contributed by atoms with E-state index in [1.54, 1.807) is 43.3 Å². The van der Waals surface area contributed by atoms with Crippen molar-refractivity contribution >= 4 is 21.0 Å². The minimum atomic E-state index is -5.72. The average Bonchev–Trinajstić information content (AvgIpc) is 2.94. The Morgan fingerprint density at radius 1 is 0.844 bits per heavy atom. The van der Waals surface area contributed by atoms with E-state index >= 15 is 0 Å². The summed E-state index contributed by atoms with van der Waals surface area (Å²) in [5.41, 5.74) is -0.638. The first kappa shape index (κ1) is 35.1. The summed E-state index contributed by atoms with van der Waals surface area (Å²) in [5.74, 6) is -1.44. The molecule has 1 aliphatic rings. The summed E-state index contributed by atoms with van der Waals surface area (Å²) < 4.78 is 117. The van der Waals surface area contributed by atoms with E-state index in [0.717, 1.165) is 29.2 Å². The smallest absolute Gasteiger partial charge is 0.405 e. The van der Waals surface area contributed by atoms with Crippen molar-refractivity contribution < 1.29 is 49.1 Å². The molecule has 3 aromatic carbocycles. The molecular weight excluding hydrogens is 639 g/mol. The van der Waals surface area contributed by atoms with E-state index in [1.165, 1.54) is 12.1 Å². The van der Waals surface area contributed by atoms with Crippen molar-refractivity contribution in [1.82, 2.24) is 0 Å². The van der Waals surface area contributed by atoms with Crippen molar-refractivity contribution in [2.45, 2.75) is 85.0 Å². The number of hydrogen-bond acceptors (Lipinski definition) is 5. The molecule has 0 spiro atoms. The molecule has 1 fully saturated rings. The molecule has 0 radical (unpaired) electrons. The molecule has 0 bridgehead atoms. The zero-order chi connectivity index (χ0) is 33.6. The van der Waals surface area contributed by atoms with Gasteiger partial charge in [0.1, 0.15) is 11.2 Å². The topological polar surface area (TPSA) is 82.1 Å². The lowest BCUT2D eigenvalue weighted by Gasteiger charge is -2.43. The third kappa shape index (κ3) is 7.32. The van der Waals surface area contributed by atoms with Crippen LogP contribution in [0.5, 0.6) is 5.75 Å². The predicted molar refractivity (Wildman–Crippen MR) is 160 cm³/mol. The van der Waals surface area contributed by atoms with E-state index < -0.39 is 63.0 Å². The SMILES string of the molecule is CC(Oc1cccc([S+](c2ccc(C(C)(C)C)cc2)c2ccc(C3(C)OCC(C)(C(F)(F)F)CO3)cc2)c1)C(F)(F)S(=O)(=O)O. The Balaban J connectivity index is 1.70. The molecule has 0 amide bonds. The number of benzene rings is 3. The molecule has 246 valence electrons. The summed E-state index contributed by atoms with van der Waals surface area (Å²) in [6.07, 6.45) is -6.68. The van der Waals surface area contributed by atoms with Crippen LogP contribution in [0.1, 0.15) is 52.7 Å². The van der Waals surface area contributed by atoms with Crippen molar-refractivity contribution in [3.8, 4) is 5.75 Å². The molecular formula is C32H36F5O6S2+. The van der Waals surface area contributed by atoms with Crippen molar-refractivity contribution in [1.29, 1.82) is 0 Å². The first-order chi connectivity index (χ1) is 20.6. The summed E-state index contributed by atoms with van der Waals surface area (Å²) in [6, 6.07) is 21.3. The van der Waals surface area contributed by atoms with Crippen molar-refractivity contribution in [2.24, 2.45) is 5.41 Å². The van der Waals surface area contributed by atoms with E-state index in [2.05, 4.69) is 20.8 Å². The van der Waals surface area contributed by atoms with Gasteiger partial charge in [-0.1, -0.05) is 39.0 Å². The third-order valence-corrected chi connectivity index (χ3v) is 11.0. The van der Waals surface area contributed by atoms with E-state index in [1.807, 2.05) is 24.3 Å². The molecule has 13 heteroatoms. The van der Waals surface area contributed by atoms with Gasteiger partial charge in [0.25, 0.3) is 0 Å². The highest BCUT2D eigenvalue weighted by atomic mass is 32.2. The van der Waals surface area contributed by atoms with Crippen LogP contribution in [0.2, 0.25) is 0 Å². The number of rotatable bonds is 8. The van der Waals surface area contributed by atoms with Crippen LogP contribution in [-0.4, -0.2) is 43.7 Å². The molecule has 1 aliphatic heterocycles. The summed E-state index contributed by atoms with van der Waals surface area (Å²) in [7, 11) is -6.55. The van der Waals surface area contributed by atoms with Gasteiger partial charge in [0.05, 0.1) is 24.1 Å². The fourth-order valence-electron chi connectivity index (χ4n) is 4.56. The average molecular weight is 676 g/mol. The molecule has 0 saturated carbocycles. The Morgan fingerprint density at radius 2 is 1.36 bits per heavy atom. The molecule has 1 heterocycles. The minimum Gasteiger partial charge on any atom is -0.483 e. The van der Waals surface area contributed by atoms with Gasteiger partial charge in [0.2, 0.25) is 0 Å². The summed E-state index contributed by atoms with van der Waals surface area (Å²) in [5, 5.41) is -4.54. The van der Waals surface area contributed by atoms with Crippen LogP contribution in [0.25, 0.3) is 0 Å². The van der Waals surface area contributed by atoms with Gasteiger partial charge in [-0.15, -0.1) is 0 Å². The lowest BCUT2D eigenvalue weighted by Crippen LogP contribution is -2.52. The molecule has 4 rings (SSSR count). The molecule has 3 aromatic rings. The second-order valence-corrected chi connectivity index (χ2v) is 16.0. The van der Waals surface area contributed by atoms with Gasteiger partial charge in [-0.05, 0) is 80.3 Å². The van der Waals surface area contributed by atoms with E-state index in [9.17, 15) is 30.4 Å². The Labute approximate surface area is 263 Å². The zero-order valence-electron chi connectivity index (χ0n) is 25.6. The Bertz CT molecular complexity index is 1590. The van der Waals surface area contributed by atoms with Crippen LogP contribution in [0.4, 0.5) is 22.0 Å². The molecule has 1 saturated heterocycles. The number of alkyl halides is 5. The summed E-state index contributed by atoms with van der Waals surface area (Å²) in [6.45, 7) is 8.57. The number of ether oxygens (including phenoxy) is 3. The van der Waals surface area contributed by atoms with E-state index in [4.69, 9.17) is 18.8 Å². The van der Waals surface area contributed by atoms with Gasteiger partial charge in [0.15, 0.2) is 26.6 Å². The highest BCUT2D eigenvalue weighted by Gasteiger charge is 2.56. The normalized spacial score (nSPS) is 22.9. The highest BCUT2D eigenvalue weighted by Crippen LogP contribution is 2.46. The molecule has 0 aliphatic carbocycles. The van der Waals surface area contributed by atoms with Crippen LogP contribution in [0.3, 0.4) is 0 Å². The second-order valence-electron chi connectivity index (χ2n) is 12.5. The third-order valence-electron chi connectivity index (χ3n) is 7.76. The Kier molecular flexibility index (Phi) is 9.49. The van der Waals surface area contributed by atoms with Gasteiger partial charge in [-0.25, -0.2) is 0 Å². The lowest BCUT2D eigenvalue weighted by atomic mass is 9.87. The molecule has 45 heavy (non-hydrogen) atoms. The largest absolute Gasteiger partial charge is 0.483 e. The van der Waals surface area contributed by atoms with E-state index in [-0.39, 0.29) is 11.2 Å². The van der Waals surface area contributed by atoms with E-state index in [0.29, 0.717) is 10.5 Å². The van der Waals surface area contributed by atoms with Crippen molar-refractivity contribution in [3.63, 3.8) is 0 Å². The fraction of sp³-hybridized carbons (Fsp3) is 0.438. The first-order valence-electron chi connectivity index (χ1n) is 14.0. The number of halogens is 5. The maximum Gasteiger partial charge on any atom is 0.405 e. The van der Waals surface area contributed by atoms with Gasteiger partial charge in [-0.3, -0.25) is 4.55 Å². The predicted octanol–water partition coefficient (Wildman–Crippen LogP) is 8.12. The van der Waals surface area contributed by atoms with Gasteiger partial charge >= 0.3 is 21.5 Å². The Morgan fingerprint density at radius 3 is 1.82 bits per heavy atom.